The van der Waals surface area contributed by atoms with Crippen molar-refractivity contribution in [3.63, 3.8) is 0 Å². The van der Waals surface area contributed by atoms with Gasteiger partial charge >= 0.3 is 0 Å². The molecule has 3 heteroatoms. The van der Waals surface area contributed by atoms with Crippen molar-refractivity contribution < 1.29 is 9.84 Å². The Morgan fingerprint density at radius 2 is 2.00 bits per heavy atom. The number of phenolic OH excluding ortho intramolecular Hbond substituents is 1. The average molecular weight is 221 g/mol. The van der Waals surface area contributed by atoms with Gasteiger partial charge in [-0.1, -0.05) is 0 Å². The zero-order valence-electron chi connectivity index (χ0n) is 9.78. The average Bonchev–Trinajstić information content (AvgIpc) is 2.69. The summed E-state index contributed by atoms with van der Waals surface area (Å²) in [4.78, 5) is 2.41. The molecule has 0 saturated carbocycles. The van der Waals surface area contributed by atoms with Crippen molar-refractivity contribution >= 4 is 0 Å². The Morgan fingerprint density at radius 3 is 2.69 bits per heavy atom. The van der Waals surface area contributed by atoms with E-state index in [1.54, 1.807) is 12.1 Å². The number of rotatable bonds is 4. The van der Waals surface area contributed by atoms with Gasteiger partial charge in [0.1, 0.15) is 18.1 Å². The highest BCUT2D eigenvalue weighted by Gasteiger charge is 2.10. The molecule has 1 N–H and O–H groups in total. The second-order valence-corrected chi connectivity index (χ2v) is 4.40. The van der Waals surface area contributed by atoms with Crippen molar-refractivity contribution in [2.45, 2.75) is 19.8 Å². The lowest BCUT2D eigenvalue weighted by atomic mass is 10.2. The molecule has 0 radical (unpaired) electrons. The first-order valence-electron chi connectivity index (χ1n) is 5.90. The third-order valence-electron chi connectivity index (χ3n) is 2.91. The SMILES string of the molecule is Cc1cc(O)cc(OCCN2CCCC2)c1. The molecule has 0 aliphatic carbocycles. The molecule has 1 aliphatic rings. The van der Waals surface area contributed by atoms with Crippen molar-refractivity contribution in [3.05, 3.63) is 23.8 Å². The minimum absolute atomic E-state index is 0.274. The summed E-state index contributed by atoms with van der Waals surface area (Å²) in [5, 5.41) is 9.41. The topological polar surface area (TPSA) is 32.7 Å². The molecule has 0 amide bonds. The first kappa shape index (κ1) is 11.3. The molecular formula is C13H19NO2. The Hall–Kier alpha value is -1.22. The summed E-state index contributed by atoms with van der Waals surface area (Å²) in [6.45, 7) is 6.02. The number of ether oxygens (including phenoxy) is 1. The third kappa shape index (κ3) is 3.14. The highest BCUT2D eigenvalue weighted by molar-refractivity contribution is 5.36. The number of hydrogen-bond acceptors (Lipinski definition) is 3. The number of hydrogen-bond donors (Lipinski definition) is 1. The molecule has 0 aromatic heterocycles. The lowest BCUT2D eigenvalue weighted by molar-refractivity contribution is 0.237. The lowest BCUT2D eigenvalue weighted by Gasteiger charge is -2.15. The molecule has 1 saturated heterocycles. The summed E-state index contributed by atoms with van der Waals surface area (Å²) in [7, 11) is 0. The van der Waals surface area contributed by atoms with Gasteiger partial charge in [0.05, 0.1) is 0 Å². The van der Waals surface area contributed by atoms with Crippen LogP contribution in [0.1, 0.15) is 18.4 Å². The summed E-state index contributed by atoms with van der Waals surface area (Å²) >= 11 is 0. The monoisotopic (exact) mass is 221 g/mol. The predicted octanol–water partition coefficient (Wildman–Crippen LogP) is 2.18. The maximum atomic E-state index is 9.41. The largest absolute Gasteiger partial charge is 0.508 e. The standard InChI is InChI=1S/C13H19NO2/c1-11-8-12(15)10-13(9-11)16-7-6-14-4-2-3-5-14/h8-10,15H,2-7H2,1H3. The number of aryl methyl sites for hydroxylation is 1. The second kappa shape index (κ2) is 5.21. The summed E-state index contributed by atoms with van der Waals surface area (Å²) in [6.07, 6.45) is 2.62. The van der Waals surface area contributed by atoms with Crippen LogP contribution in [0.2, 0.25) is 0 Å². The molecule has 1 aromatic carbocycles. The van der Waals surface area contributed by atoms with Gasteiger partial charge in [-0.15, -0.1) is 0 Å². The minimum atomic E-state index is 0.274. The molecule has 1 fully saturated rings. The van der Waals surface area contributed by atoms with E-state index >= 15 is 0 Å². The van der Waals surface area contributed by atoms with Crippen LogP contribution in [-0.2, 0) is 0 Å². The third-order valence-corrected chi connectivity index (χ3v) is 2.91. The Morgan fingerprint density at radius 1 is 1.25 bits per heavy atom. The fourth-order valence-electron chi connectivity index (χ4n) is 2.11. The predicted molar refractivity (Wildman–Crippen MR) is 64.0 cm³/mol. The van der Waals surface area contributed by atoms with Gasteiger partial charge in [-0.2, -0.15) is 0 Å². The summed E-state index contributed by atoms with van der Waals surface area (Å²) in [6, 6.07) is 5.34. The zero-order chi connectivity index (χ0) is 11.4. The molecule has 0 bridgehead atoms. The number of phenols is 1. The summed E-state index contributed by atoms with van der Waals surface area (Å²) < 4.78 is 5.63. The van der Waals surface area contributed by atoms with Gasteiger partial charge in [0.15, 0.2) is 0 Å². The van der Waals surface area contributed by atoms with Crippen molar-refractivity contribution in [1.82, 2.24) is 4.90 Å². The summed E-state index contributed by atoms with van der Waals surface area (Å²) in [5.74, 6) is 1.04. The maximum Gasteiger partial charge on any atom is 0.123 e. The van der Waals surface area contributed by atoms with Gasteiger partial charge in [0, 0.05) is 12.6 Å². The molecule has 16 heavy (non-hydrogen) atoms. The van der Waals surface area contributed by atoms with Crippen LogP contribution in [0.4, 0.5) is 0 Å². The van der Waals surface area contributed by atoms with Crippen LogP contribution < -0.4 is 4.74 Å². The van der Waals surface area contributed by atoms with E-state index in [-0.39, 0.29) is 5.75 Å². The highest BCUT2D eigenvalue weighted by Crippen LogP contribution is 2.21. The lowest BCUT2D eigenvalue weighted by Crippen LogP contribution is -2.25. The fraction of sp³-hybridized carbons (Fsp3) is 0.538. The number of likely N-dealkylation sites (tertiary alicyclic amines) is 1. The Bertz CT molecular complexity index is 326. The molecule has 0 unspecified atom stereocenters. The van der Waals surface area contributed by atoms with E-state index in [0.29, 0.717) is 6.61 Å². The van der Waals surface area contributed by atoms with Crippen LogP contribution in [0.15, 0.2) is 18.2 Å². The molecule has 0 atom stereocenters. The van der Waals surface area contributed by atoms with Gasteiger partial charge in [-0.25, -0.2) is 0 Å². The van der Waals surface area contributed by atoms with E-state index < -0.39 is 0 Å². The molecule has 3 nitrogen and oxygen atoms in total. The summed E-state index contributed by atoms with van der Waals surface area (Å²) in [5.41, 5.74) is 1.02. The van der Waals surface area contributed by atoms with E-state index in [1.165, 1.54) is 25.9 Å². The normalized spacial score (nSPS) is 16.6. The van der Waals surface area contributed by atoms with Gasteiger partial charge in [0.25, 0.3) is 0 Å². The second-order valence-electron chi connectivity index (χ2n) is 4.40. The minimum Gasteiger partial charge on any atom is -0.508 e. The number of nitrogens with zero attached hydrogens (tertiary/aromatic N) is 1. The van der Waals surface area contributed by atoms with Crippen LogP contribution in [0, 0.1) is 6.92 Å². The van der Waals surface area contributed by atoms with Gasteiger partial charge in [0.2, 0.25) is 0 Å². The van der Waals surface area contributed by atoms with Gasteiger partial charge in [-0.3, -0.25) is 4.90 Å². The van der Waals surface area contributed by atoms with E-state index in [2.05, 4.69) is 4.90 Å². The van der Waals surface area contributed by atoms with Crippen molar-refractivity contribution in [2.24, 2.45) is 0 Å². The quantitative estimate of drug-likeness (QED) is 0.845. The van der Waals surface area contributed by atoms with Crippen molar-refractivity contribution in [1.29, 1.82) is 0 Å². The van der Waals surface area contributed by atoms with E-state index in [9.17, 15) is 5.11 Å². The Kier molecular flexibility index (Phi) is 3.67. The maximum absolute atomic E-state index is 9.41. The van der Waals surface area contributed by atoms with Crippen LogP contribution in [-0.4, -0.2) is 36.2 Å². The molecule has 1 aliphatic heterocycles. The smallest absolute Gasteiger partial charge is 0.123 e. The molecule has 0 spiro atoms. The molecule has 1 heterocycles. The highest BCUT2D eigenvalue weighted by atomic mass is 16.5. The number of aromatic hydroxyl groups is 1. The zero-order valence-corrected chi connectivity index (χ0v) is 9.78. The van der Waals surface area contributed by atoms with Crippen LogP contribution in [0.3, 0.4) is 0 Å². The molecule has 2 rings (SSSR count). The van der Waals surface area contributed by atoms with Crippen LogP contribution in [0.5, 0.6) is 11.5 Å². The first-order valence-corrected chi connectivity index (χ1v) is 5.90. The van der Waals surface area contributed by atoms with E-state index in [1.807, 2.05) is 13.0 Å². The van der Waals surface area contributed by atoms with Gasteiger partial charge < -0.3 is 9.84 Å². The fourth-order valence-corrected chi connectivity index (χ4v) is 2.11. The first-order chi connectivity index (χ1) is 7.74. The Balaban J connectivity index is 1.80. The van der Waals surface area contributed by atoms with Gasteiger partial charge in [-0.05, 0) is 50.6 Å². The van der Waals surface area contributed by atoms with Crippen molar-refractivity contribution in [3.8, 4) is 11.5 Å². The molecule has 1 aromatic rings. The number of benzene rings is 1. The van der Waals surface area contributed by atoms with Crippen LogP contribution >= 0.6 is 0 Å². The Labute approximate surface area is 96.6 Å². The molecule has 88 valence electrons. The van der Waals surface area contributed by atoms with E-state index in [0.717, 1.165) is 17.9 Å². The van der Waals surface area contributed by atoms with E-state index in [4.69, 9.17) is 4.74 Å². The van der Waals surface area contributed by atoms with Crippen LogP contribution in [0.25, 0.3) is 0 Å². The molecular weight excluding hydrogens is 202 g/mol. The van der Waals surface area contributed by atoms with Crippen molar-refractivity contribution in [2.75, 3.05) is 26.2 Å².